The minimum absolute atomic E-state index is 0.0163. The Hall–Kier alpha value is -2.83. The number of aliphatic hydroxyl groups excluding tert-OH is 5. The Kier molecular flexibility index (Phi) is 18.4. The highest BCUT2D eigenvalue weighted by molar-refractivity contribution is 5.80. The Morgan fingerprint density at radius 3 is 2.36 bits per heavy atom. The lowest BCUT2D eigenvalue weighted by atomic mass is 9.83. The Balaban J connectivity index is 1.89. The molecule has 5 unspecified atom stereocenters. The highest BCUT2D eigenvalue weighted by atomic mass is 16.7. The van der Waals surface area contributed by atoms with E-state index in [-0.39, 0.29) is 50.9 Å². The Labute approximate surface area is 310 Å². The van der Waals surface area contributed by atoms with Crippen LogP contribution in [0.2, 0.25) is 0 Å². The first-order valence-corrected chi connectivity index (χ1v) is 18.6. The van der Waals surface area contributed by atoms with E-state index < -0.39 is 104 Å². The van der Waals surface area contributed by atoms with Crippen LogP contribution in [0.3, 0.4) is 0 Å². The number of fused-ring (bicyclic) bond motifs is 2. The zero-order valence-corrected chi connectivity index (χ0v) is 30.6. The van der Waals surface area contributed by atoms with Gasteiger partial charge in [0.15, 0.2) is 12.1 Å². The minimum Gasteiger partial charge on any atom is -0.481 e. The molecule has 3 heterocycles. The number of ketones is 1. The third kappa shape index (κ3) is 14.1. The van der Waals surface area contributed by atoms with Gasteiger partial charge in [-0.3, -0.25) is 14.4 Å². The molecule has 0 aromatic carbocycles. The summed E-state index contributed by atoms with van der Waals surface area (Å²) in [7, 11) is 0. The maximum absolute atomic E-state index is 13.0. The standard InChI is InChI=1S/C38H59NO14/c1-3-13-25-16-10-8-6-5-7-9-11-17-26(52-37-34(45)33(39)30(44)22-50-37)19-31-32(35(46)47)29(43)21-38(49,53-31)20-24(41)15-12-14-23(40)18-28(42)27(4-2)36(48)51-25/h5-11,17,24-34,37,41-45,49H,3-4,12-16,18-22,39H2,1-2H3,(H,46,47)/b6-5+,9-7+,10-8+,17-11+/t24?,25-,26?,27?,28?,29+,30-,31+,32-,33+,34+,37?,38-/m1/s1. The molecular weight excluding hydrogens is 694 g/mol. The number of allylic oxidation sites excluding steroid dienone is 6. The maximum atomic E-state index is 13.0. The van der Waals surface area contributed by atoms with Gasteiger partial charge < -0.3 is 60.4 Å². The summed E-state index contributed by atoms with van der Waals surface area (Å²) in [5, 5.41) is 74.6. The summed E-state index contributed by atoms with van der Waals surface area (Å²) >= 11 is 0. The summed E-state index contributed by atoms with van der Waals surface area (Å²) < 4.78 is 23.1. The fourth-order valence-electron chi connectivity index (χ4n) is 6.90. The first-order chi connectivity index (χ1) is 25.2. The van der Waals surface area contributed by atoms with E-state index in [0.717, 1.165) is 6.42 Å². The Morgan fingerprint density at radius 1 is 0.981 bits per heavy atom. The lowest BCUT2D eigenvalue weighted by Gasteiger charge is -2.44. The molecule has 9 N–H and O–H groups in total. The van der Waals surface area contributed by atoms with Crippen molar-refractivity contribution in [2.75, 3.05) is 6.61 Å². The lowest BCUT2D eigenvalue weighted by molar-refractivity contribution is -0.305. The fraction of sp³-hybridized carbons (Fsp3) is 0.711. The van der Waals surface area contributed by atoms with Crippen LogP contribution in [-0.4, -0.2) is 127 Å². The summed E-state index contributed by atoms with van der Waals surface area (Å²) in [6, 6.07) is -1.08. The van der Waals surface area contributed by atoms with Gasteiger partial charge in [-0.05, 0) is 25.7 Å². The summed E-state index contributed by atoms with van der Waals surface area (Å²) in [4.78, 5) is 38.1. The Bertz CT molecular complexity index is 1290. The molecule has 53 heavy (non-hydrogen) atoms. The van der Waals surface area contributed by atoms with Crippen molar-refractivity contribution in [2.45, 2.75) is 151 Å². The predicted octanol–water partition coefficient (Wildman–Crippen LogP) is 1.31. The molecule has 3 rings (SSSR count). The quantitative estimate of drug-likeness (QED) is 0.178. The molecule has 0 aliphatic carbocycles. The SMILES string of the molecule is CCC[C@@H]1C/C=C/C=C/C=C/C=C/C(OC2OC[C@@H](O)[C@H](N)[C@@H]2O)C[C@@H]2O[C@](O)(CC(O)CCCC(=O)CC(O)C(CC)C(=O)O1)C[C@H](O)[C@H]2C(=O)O. The summed E-state index contributed by atoms with van der Waals surface area (Å²) in [6.07, 6.45) is 3.90. The van der Waals surface area contributed by atoms with E-state index in [9.17, 15) is 50.1 Å². The number of carbonyl (C=O) groups excluding carboxylic acids is 2. The van der Waals surface area contributed by atoms with Crippen molar-refractivity contribution in [3.8, 4) is 0 Å². The summed E-state index contributed by atoms with van der Waals surface area (Å²) in [5.41, 5.74) is 5.91. The molecule has 15 heteroatoms. The van der Waals surface area contributed by atoms with Gasteiger partial charge in [-0.2, -0.15) is 0 Å². The number of esters is 1. The number of aliphatic carboxylic acids is 1. The van der Waals surface area contributed by atoms with Gasteiger partial charge in [0.05, 0.1) is 55.2 Å². The molecule has 0 spiro atoms. The smallest absolute Gasteiger partial charge is 0.311 e. The average Bonchev–Trinajstić information content (AvgIpc) is 3.06. The monoisotopic (exact) mass is 753 g/mol. The Morgan fingerprint density at radius 2 is 1.68 bits per heavy atom. The molecule has 15 nitrogen and oxygen atoms in total. The van der Waals surface area contributed by atoms with E-state index in [1.54, 1.807) is 49.5 Å². The predicted molar refractivity (Wildman–Crippen MR) is 191 cm³/mol. The van der Waals surface area contributed by atoms with Crippen LogP contribution in [0.1, 0.15) is 84.5 Å². The molecule has 13 atom stereocenters. The molecule has 300 valence electrons. The summed E-state index contributed by atoms with van der Waals surface area (Å²) in [5.74, 6) is -6.79. The van der Waals surface area contributed by atoms with Gasteiger partial charge in [0, 0.05) is 38.5 Å². The average molecular weight is 754 g/mol. The fourth-order valence-corrected chi connectivity index (χ4v) is 6.90. The van der Waals surface area contributed by atoms with Gasteiger partial charge in [0.25, 0.3) is 0 Å². The zero-order valence-electron chi connectivity index (χ0n) is 30.6. The van der Waals surface area contributed by atoms with Gasteiger partial charge in [0.2, 0.25) is 0 Å². The van der Waals surface area contributed by atoms with E-state index in [4.69, 9.17) is 24.7 Å². The molecule has 0 amide bonds. The van der Waals surface area contributed by atoms with Crippen molar-refractivity contribution in [3.63, 3.8) is 0 Å². The molecule has 2 saturated heterocycles. The van der Waals surface area contributed by atoms with Crippen molar-refractivity contribution < 1.29 is 69.1 Å². The molecular formula is C38H59NO14. The molecule has 2 fully saturated rings. The van der Waals surface area contributed by atoms with Crippen molar-refractivity contribution in [1.29, 1.82) is 0 Å². The van der Waals surface area contributed by atoms with Crippen LogP contribution in [0.4, 0.5) is 0 Å². The molecule has 0 aromatic heterocycles. The number of aliphatic hydroxyl groups is 6. The number of carboxylic acids is 1. The van der Waals surface area contributed by atoms with Crippen LogP contribution >= 0.6 is 0 Å². The van der Waals surface area contributed by atoms with E-state index in [0.29, 0.717) is 12.8 Å². The van der Waals surface area contributed by atoms with Crippen LogP contribution < -0.4 is 5.73 Å². The second kappa shape index (κ2) is 21.9. The number of nitrogens with two attached hydrogens (primary N) is 1. The van der Waals surface area contributed by atoms with Crippen molar-refractivity contribution >= 4 is 17.7 Å². The first-order valence-electron chi connectivity index (χ1n) is 18.6. The third-order valence-corrected chi connectivity index (χ3v) is 9.82. The van der Waals surface area contributed by atoms with Crippen molar-refractivity contribution in [2.24, 2.45) is 17.6 Å². The third-order valence-electron chi connectivity index (χ3n) is 9.82. The van der Waals surface area contributed by atoms with Crippen LogP contribution in [-0.2, 0) is 33.3 Å². The largest absolute Gasteiger partial charge is 0.481 e. The van der Waals surface area contributed by atoms with Crippen LogP contribution in [0.15, 0.2) is 48.6 Å². The molecule has 0 saturated carbocycles. The number of carboxylic acid groups (broad SMARTS) is 1. The highest BCUT2D eigenvalue weighted by Gasteiger charge is 2.50. The lowest BCUT2D eigenvalue weighted by Crippen LogP contribution is -2.59. The number of cyclic esters (lactones) is 1. The zero-order chi connectivity index (χ0) is 39.1. The second-order valence-electron chi connectivity index (χ2n) is 14.2. The number of hydrogen-bond donors (Lipinski definition) is 8. The van der Waals surface area contributed by atoms with Crippen molar-refractivity contribution in [1.82, 2.24) is 0 Å². The van der Waals surface area contributed by atoms with Gasteiger partial charge in [-0.15, -0.1) is 0 Å². The van der Waals surface area contributed by atoms with Gasteiger partial charge in [-0.25, -0.2) is 0 Å². The van der Waals surface area contributed by atoms with Gasteiger partial charge in [-0.1, -0.05) is 68.9 Å². The maximum Gasteiger partial charge on any atom is 0.311 e. The number of ether oxygens (including phenoxy) is 4. The van der Waals surface area contributed by atoms with Crippen LogP contribution in [0.5, 0.6) is 0 Å². The number of Topliss-reactive ketones (excluding diaryl/α,β-unsaturated/α-hetero) is 1. The van der Waals surface area contributed by atoms with E-state index in [2.05, 4.69) is 0 Å². The van der Waals surface area contributed by atoms with Gasteiger partial charge in [0.1, 0.15) is 23.9 Å². The first kappa shape index (κ1) is 44.6. The molecule has 3 aliphatic heterocycles. The van der Waals surface area contributed by atoms with E-state index >= 15 is 0 Å². The van der Waals surface area contributed by atoms with Crippen LogP contribution in [0, 0.1) is 11.8 Å². The number of hydrogen-bond acceptors (Lipinski definition) is 14. The molecule has 0 radical (unpaired) electrons. The van der Waals surface area contributed by atoms with E-state index in [1.807, 2.05) is 13.0 Å². The number of carbonyl (C=O) groups is 3. The molecule has 2 bridgehead atoms. The molecule has 3 aliphatic rings. The summed E-state index contributed by atoms with van der Waals surface area (Å²) in [6.45, 7) is 3.49. The highest BCUT2D eigenvalue weighted by Crippen LogP contribution is 2.38. The second-order valence-corrected chi connectivity index (χ2v) is 14.2. The van der Waals surface area contributed by atoms with Crippen LogP contribution in [0.25, 0.3) is 0 Å². The van der Waals surface area contributed by atoms with Crippen molar-refractivity contribution in [3.05, 3.63) is 48.6 Å². The van der Waals surface area contributed by atoms with Gasteiger partial charge >= 0.3 is 11.9 Å². The minimum atomic E-state index is -2.15. The van der Waals surface area contributed by atoms with E-state index in [1.165, 1.54) is 0 Å². The number of rotatable bonds is 6. The molecule has 0 aromatic rings. The normalized spacial score (nSPS) is 41.5. The topological polar surface area (TPSA) is 256 Å².